The summed E-state index contributed by atoms with van der Waals surface area (Å²) in [7, 11) is 0. The van der Waals surface area contributed by atoms with Gasteiger partial charge in [-0.25, -0.2) is 9.78 Å². The number of carboxylic acid groups (broad SMARTS) is 1. The van der Waals surface area contributed by atoms with Crippen molar-refractivity contribution in [3.8, 4) is 5.75 Å². The first-order chi connectivity index (χ1) is 28.0. The van der Waals surface area contributed by atoms with E-state index in [1.165, 1.54) is 36.5 Å². The van der Waals surface area contributed by atoms with Gasteiger partial charge in [0.15, 0.2) is 0 Å². The van der Waals surface area contributed by atoms with E-state index in [0.717, 1.165) is 5.56 Å². The largest absolute Gasteiger partial charge is 0.508 e. The minimum atomic E-state index is -1.34. The Kier molecular flexibility index (Phi) is 16.5. The maximum Gasteiger partial charge on any atom is 0.326 e. The first-order valence-electron chi connectivity index (χ1n) is 19.8. The molecule has 17 nitrogen and oxygen atoms in total. The number of phenols is 1. The van der Waals surface area contributed by atoms with E-state index in [1.54, 1.807) is 50.2 Å². The number of hydrogen-bond donors (Lipinski definition) is 8. The number of benzene rings is 2. The number of hydrogen-bond acceptors (Lipinski definition) is 9. The molecule has 4 rings (SSSR count). The molecule has 1 fully saturated rings. The van der Waals surface area contributed by atoms with Gasteiger partial charge in [-0.1, -0.05) is 70.2 Å². The van der Waals surface area contributed by atoms with Crippen LogP contribution in [0.15, 0.2) is 67.1 Å². The standard InChI is InChI=1S/C42H56N8O9/c1-24(2)18-31(39(55)49-36(25(3)4)41(57)48-34(42(58)59)20-28-13-15-30(52)16-14-28)45-38(54)33(21-29-22-43-23-44-29)46-37(53)32(19-27-10-7-6-8-11-27)47-40(56)35-12-9-17-50(35)26(5)51/h6-8,10-11,13-16,22-25,31-36,52H,9,12,17-21H2,1-5H3,(H,43,44)(H,45,54)(H,46,53)(H,47,56)(H,48,57)(H,49,55)(H,58,59)/t31-,32-,33-,34-,35-,36-/m0/s1. The zero-order valence-corrected chi connectivity index (χ0v) is 34.1. The van der Waals surface area contributed by atoms with Crippen LogP contribution in [-0.4, -0.2) is 109 Å². The fraction of sp³-hybridized carbons (Fsp3) is 0.476. The number of carboxylic acids is 1. The van der Waals surface area contributed by atoms with E-state index in [4.69, 9.17) is 0 Å². The molecule has 0 radical (unpaired) electrons. The number of phenolic OH excluding ortho intramolecular Hbond substituents is 1. The number of aromatic amines is 1. The van der Waals surface area contributed by atoms with Crippen LogP contribution in [0.4, 0.5) is 0 Å². The predicted molar refractivity (Wildman–Crippen MR) is 216 cm³/mol. The Balaban J connectivity index is 1.53. The molecule has 1 aromatic heterocycles. The number of H-pyrrole nitrogens is 1. The van der Waals surface area contributed by atoms with Crippen molar-refractivity contribution in [2.24, 2.45) is 11.8 Å². The van der Waals surface area contributed by atoms with E-state index in [0.29, 0.717) is 30.6 Å². The van der Waals surface area contributed by atoms with Gasteiger partial charge >= 0.3 is 5.97 Å². The van der Waals surface area contributed by atoms with E-state index < -0.39 is 77.7 Å². The Morgan fingerprint density at radius 1 is 0.746 bits per heavy atom. The fourth-order valence-electron chi connectivity index (χ4n) is 6.93. The highest BCUT2D eigenvalue weighted by atomic mass is 16.4. The monoisotopic (exact) mass is 816 g/mol. The average molecular weight is 817 g/mol. The van der Waals surface area contributed by atoms with Crippen LogP contribution in [-0.2, 0) is 52.8 Å². The molecule has 0 unspecified atom stereocenters. The topological polar surface area (TPSA) is 252 Å². The molecule has 318 valence electrons. The predicted octanol–water partition coefficient (Wildman–Crippen LogP) is 1.36. The van der Waals surface area contributed by atoms with E-state index >= 15 is 0 Å². The van der Waals surface area contributed by atoms with Crippen molar-refractivity contribution in [1.82, 2.24) is 41.5 Å². The van der Waals surface area contributed by atoms with Gasteiger partial charge in [-0.2, -0.15) is 0 Å². The summed E-state index contributed by atoms with van der Waals surface area (Å²) in [5.74, 6) is -5.47. The maximum absolute atomic E-state index is 14.2. The van der Waals surface area contributed by atoms with E-state index in [9.17, 15) is 43.8 Å². The Labute approximate surface area is 343 Å². The lowest BCUT2D eigenvalue weighted by Gasteiger charge is -2.29. The molecule has 3 aromatic rings. The molecule has 2 heterocycles. The Hall–Kier alpha value is -6.26. The van der Waals surface area contributed by atoms with Crippen molar-refractivity contribution in [2.75, 3.05) is 6.54 Å². The molecule has 1 saturated heterocycles. The summed E-state index contributed by atoms with van der Waals surface area (Å²) in [6, 6.07) is 8.06. The quantitative estimate of drug-likeness (QED) is 0.0813. The Morgan fingerprint density at radius 2 is 1.32 bits per heavy atom. The number of aromatic hydroxyl groups is 1. The highest BCUT2D eigenvalue weighted by Gasteiger charge is 2.37. The number of aliphatic carboxylic acids is 1. The number of nitrogens with one attached hydrogen (secondary N) is 6. The number of likely N-dealkylation sites (tertiary alicyclic amines) is 1. The summed E-state index contributed by atoms with van der Waals surface area (Å²) in [5.41, 5.74) is 1.79. The van der Waals surface area contributed by atoms with Crippen LogP contribution in [0.5, 0.6) is 5.75 Å². The number of nitrogens with zero attached hydrogens (tertiary/aromatic N) is 2. The van der Waals surface area contributed by atoms with Gasteiger partial charge in [0.1, 0.15) is 42.0 Å². The van der Waals surface area contributed by atoms with Crippen molar-refractivity contribution < 1.29 is 43.8 Å². The Morgan fingerprint density at radius 3 is 1.90 bits per heavy atom. The van der Waals surface area contributed by atoms with E-state index in [-0.39, 0.29) is 43.3 Å². The molecule has 6 amide bonds. The number of amides is 6. The van der Waals surface area contributed by atoms with Gasteiger partial charge in [-0.15, -0.1) is 0 Å². The van der Waals surface area contributed by atoms with Gasteiger partial charge in [0.05, 0.1) is 6.33 Å². The minimum Gasteiger partial charge on any atom is -0.508 e. The molecule has 0 spiro atoms. The van der Waals surface area contributed by atoms with Crippen molar-refractivity contribution in [3.05, 3.63) is 83.9 Å². The van der Waals surface area contributed by atoms with Crippen LogP contribution < -0.4 is 26.6 Å². The lowest BCUT2D eigenvalue weighted by atomic mass is 9.98. The molecule has 17 heteroatoms. The third-order valence-electron chi connectivity index (χ3n) is 10.1. The zero-order chi connectivity index (χ0) is 43.2. The summed E-state index contributed by atoms with van der Waals surface area (Å²) >= 11 is 0. The van der Waals surface area contributed by atoms with Crippen molar-refractivity contribution in [2.45, 2.75) is 109 Å². The second kappa shape index (κ2) is 21.5. The number of carbonyl (C=O) groups is 7. The van der Waals surface area contributed by atoms with Gasteiger partial charge in [0.2, 0.25) is 35.4 Å². The second-order valence-electron chi connectivity index (χ2n) is 15.7. The SMILES string of the molecule is CC(=O)N1CCC[C@H]1C(=O)N[C@@H](Cc1ccccc1)C(=O)N[C@@H](Cc1cnc[nH]1)C(=O)N[C@@H](CC(C)C)C(=O)N[C@H](C(=O)N[C@@H](Cc1ccc(O)cc1)C(=O)O)C(C)C. The lowest BCUT2D eigenvalue weighted by molar-refractivity contribution is -0.142. The lowest BCUT2D eigenvalue weighted by Crippen LogP contribution is -2.60. The van der Waals surface area contributed by atoms with Gasteiger partial charge in [0, 0.05) is 44.6 Å². The van der Waals surface area contributed by atoms with Crippen molar-refractivity contribution in [3.63, 3.8) is 0 Å². The molecule has 1 aliphatic rings. The highest BCUT2D eigenvalue weighted by Crippen LogP contribution is 2.18. The van der Waals surface area contributed by atoms with E-state index in [1.807, 2.05) is 19.9 Å². The van der Waals surface area contributed by atoms with Gasteiger partial charge in [0.25, 0.3) is 0 Å². The molecule has 0 bridgehead atoms. The summed E-state index contributed by atoms with van der Waals surface area (Å²) in [6.07, 6.45) is 4.07. The number of rotatable bonds is 20. The molecule has 6 atom stereocenters. The summed E-state index contributed by atoms with van der Waals surface area (Å²) in [6.45, 7) is 8.87. The molecular weight excluding hydrogens is 761 g/mol. The summed E-state index contributed by atoms with van der Waals surface area (Å²) < 4.78 is 0. The van der Waals surface area contributed by atoms with Crippen LogP contribution in [0, 0.1) is 11.8 Å². The highest BCUT2D eigenvalue weighted by molar-refractivity contribution is 5.97. The first kappa shape index (κ1) is 45.4. The smallest absolute Gasteiger partial charge is 0.326 e. The number of aromatic nitrogens is 2. The van der Waals surface area contributed by atoms with Crippen LogP contribution in [0.2, 0.25) is 0 Å². The van der Waals surface area contributed by atoms with Gasteiger partial charge < -0.3 is 46.7 Å². The third kappa shape index (κ3) is 13.7. The maximum atomic E-state index is 14.2. The molecule has 0 aliphatic carbocycles. The van der Waals surface area contributed by atoms with Crippen molar-refractivity contribution in [1.29, 1.82) is 0 Å². The summed E-state index contributed by atoms with van der Waals surface area (Å²) in [5, 5.41) is 33.1. The normalized spacial score (nSPS) is 16.3. The third-order valence-corrected chi connectivity index (χ3v) is 10.1. The molecule has 1 aliphatic heterocycles. The first-order valence-corrected chi connectivity index (χ1v) is 19.8. The average Bonchev–Trinajstić information content (AvgIpc) is 3.90. The number of carbonyl (C=O) groups excluding carboxylic acids is 6. The van der Waals surface area contributed by atoms with Crippen LogP contribution >= 0.6 is 0 Å². The van der Waals surface area contributed by atoms with Crippen LogP contribution in [0.3, 0.4) is 0 Å². The van der Waals surface area contributed by atoms with Crippen LogP contribution in [0.25, 0.3) is 0 Å². The molecule has 2 aromatic carbocycles. The Bertz CT molecular complexity index is 1900. The zero-order valence-electron chi connectivity index (χ0n) is 34.1. The van der Waals surface area contributed by atoms with E-state index in [2.05, 4.69) is 36.6 Å². The molecule has 0 saturated carbocycles. The fourth-order valence-corrected chi connectivity index (χ4v) is 6.93. The molecular formula is C42H56N8O9. The molecule has 8 N–H and O–H groups in total. The van der Waals surface area contributed by atoms with Crippen LogP contribution in [0.1, 0.15) is 70.7 Å². The van der Waals surface area contributed by atoms with Gasteiger partial charge in [-0.05, 0) is 54.4 Å². The minimum absolute atomic E-state index is 0.00357. The summed E-state index contributed by atoms with van der Waals surface area (Å²) in [4.78, 5) is 102. The number of imidazole rings is 1. The second-order valence-corrected chi connectivity index (χ2v) is 15.7. The molecule has 59 heavy (non-hydrogen) atoms. The van der Waals surface area contributed by atoms with Crippen molar-refractivity contribution >= 4 is 41.4 Å². The van der Waals surface area contributed by atoms with Gasteiger partial charge in [-0.3, -0.25) is 28.8 Å².